The Morgan fingerprint density at radius 2 is 1.90 bits per heavy atom. The molecule has 6 nitrogen and oxygen atoms in total. The first kappa shape index (κ1) is 23.6. The minimum atomic E-state index is -0.104. The van der Waals surface area contributed by atoms with Crippen molar-refractivity contribution in [3.8, 4) is 0 Å². The van der Waals surface area contributed by atoms with E-state index in [0.717, 1.165) is 77.7 Å². The number of nitrogens with one attached hydrogen (secondary N) is 1. The molecule has 3 aliphatic rings. The Morgan fingerprint density at radius 1 is 1.13 bits per heavy atom. The highest BCUT2D eigenvalue weighted by molar-refractivity contribution is 6.42. The molecule has 0 spiro atoms. The van der Waals surface area contributed by atoms with E-state index in [4.69, 9.17) is 27.9 Å². The standard InChI is InChI=1S/C20H28Cl2N4O2.C2H6/c21-17-2-1-16(11-18(17)22)25-6-8-26(9-7-25)20(27)19-13-24(5-4-23-19)12-15-3-10-28-14-15;1-2/h1-2,11,15,19,23H,3-10,12-14H2;1-2H3/t15?,19-;/m1./s1. The zero-order valence-corrected chi connectivity index (χ0v) is 19.6. The van der Waals surface area contributed by atoms with Crippen molar-refractivity contribution in [1.29, 1.82) is 0 Å². The molecule has 2 atom stereocenters. The van der Waals surface area contributed by atoms with Crippen molar-refractivity contribution in [2.24, 2.45) is 5.92 Å². The number of hydrogen-bond acceptors (Lipinski definition) is 5. The molecule has 1 N–H and O–H groups in total. The Labute approximate surface area is 190 Å². The van der Waals surface area contributed by atoms with E-state index in [1.807, 2.05) is 36.9 Å². The average Bonchev–Trinajstić information content (AvgIpc) is 3.30. The lowest BCUT2D eigenvalue weighted by molar-refractivity contribution is -0.135. The zero-order valence-electron chi connectivity index (χ0n) is 18.1. The van der Waals surface area contributed by atoms with Gasteiger partial charge in [0.1, 0.15) is 0 Å². The molecular formula is C22H34Cl2N4O2. The number of nitrogens with zero attached hydrogens (tertiary/aromatic N) is 3. The number of benzene rings is 1. The van der Waals surface area contributed by atoms with Gasteiger partial charge < -0.3 is 19.9 Å². The van der Waals surface area contributed by atoms with Crippen LogP contribution >= 0.6 is 23.2 Å². The van der Waals surface area contributed by atoms with Crippen LogP contribution in [0.15, 0.2) is 18.2 Å². The number of amides is 1. The fraction of sp³-hybridized carbons (Fsp3) is 0.682. The highest BCUT2D eigenvalue weighted by atomic mass is 35.5. The van der Waals surface area contributed by atoms with Crippen LogP contribution in [0.2, 0.25) is 10.0 Å². The summed E-state index contributed by atoms with van der Waals surface area (Å²) >= 11 is 12.2. The summed E-state index contributed by atoms with van der Waals surface area (Å²) in [7, 11) is 0. The second kappa shape index (κ2) is 11.5. The first-order chi connectivity index (χ1) is 14.6. The molecule has 8 heteroatoms. The van der Waals surface area contributed by atoms with E-state index in [9.17, 15) is 4.79 Å². The van der Waals surface area contributed by atoms with Crippen LogP contribution in [-0.4, -0.2) is 87.3 Å². The number of halogens is 2. The summed E-state index contributed by atoms with van der Waals surface area (Å²) in [4.78, 5) is 19.7. The average molecular weight is 457 g/mol. The van der Waals surface area contributed by atoms with Crippen LogP contribution in [0, 0.1) is 5.92 Å². The summed E-state index contributed by atoms with van der Waals surface area (Å²) < 4.78 is 5.49. The van der Waals surface area contributed by atoms with Crippen molar-refractivity contribution in [1.82, 2.24) is 15.1 Å². The van der Waals surface area contributed by atoms with Crippen molar-refractivity contribution in [2.45, 2.75) is 26.3 Å². The van der Waals surface area contributed by atoms with E-state index in [1.165, 1.54) is 0 Å². The van der Waals surface area contributed by atoms with Crippen LogP contribution in [-0.2, 0) is 9.53 Å². The predicted octanol–water partition coefficient (Wildman–Crippen LogP) is 2.98. The summed E-state index contributed by atoms with van der Waals surface area (Å²) in [5.41, 5.74) is 1.06. The Hall–Kier alpha value is -1.05. The zero-order chi connectivity index (χ0) is 21.5. The molecule has 0 bridgehead atoms. The first-order valence-corrected chi connectivity index (χ1v) is 11.9. The normalized spacial score (nSPS) is 25.1. The minimum Gasteiger partial charge on any atom is -0.381 e. The van der Waals surface area contributed by atoms with Crippen LogP contribution in [0.4, 0.5) is 5.69 Å². The number of anilines is 1. The summed E-state index contributed by atoms with van der Waals surface area (Å²) in [6.07, 6.45) is 1.14. The lowest BCUT2D eigenvalue weighted by Crippen LogP contribution is -2.60. The molecule has 1 aromatic carbocycles. The maximum absolute atomic E-state index is 13.0. The molecule has 3 saturated heterocycles. The molecule has 3 heterocycles. The maximum Gasteiger partial charge on any atom is 0.241 e. The highest BCUT2D eigenvalue weighted by Crippen LogP contribution is 2.28. The number of carbonyl (C=O) groups is 1. The Morgan fingerprint density at radius 3 is 2.57 bits per heavy atom. The number of hydrogen-bond donors (Lipinski definition) is 1. The number of rotatable bonds is 4. The smallest absolute Gasteiger partial charge is 0.241 e. The molecule has 1 unspecified atom stereocenters. The molecule has 1 aromatic rings. The molecule has 1 amide bonds. The summed E-state index contributed by atoms with van der Waals surface area (Å²) in [6.45, 7) is 12.5. The van der Waals surface area contributed by atoms with Gasteiger partial charge in [-0.1, -0.05) is 37.0 Å². The van der Waals surface area contributed by atoms with E-state index in [-0.39, 0.29) is 11.9 Å². The van der Waals surface area contributed by atoms with Crippen molar-refractivity contribution >= 4 is 34.8 Å². The van der Waals surface area contributed by atoms with E-state index < -0.39 is 0 Å². The highest BCUT2D eigenvalue weighted by Gasteiger charge is 2.32. The second-order valence-electron chi connectivity index (χ2n) is 7.91. The first-order valence-electron chi connectivity index (χ1n) is 11.1. The lowest BCUT2D eigenvalue weighted by atomic mass is 10.1. The van der Waals surface area contributed by atoms with Gasteiger partial charge in [-0.15, -0.1) is 0 Å². The van der Waals surface area contributed by atoms with Crippen molar-refractivity contribution in [2.75, 3.05) is 70.5 Å². The van der Waals surface area contributed by atoms with Gasteiger partial charge in [-0.2, -0.15) is 0 Å². The number of carbonyl (C=O) groups excluding carboxylic acids is 1. The predicted molar refractivity (Wildman–Crippen MR) is 124 cm³/mol. The van der Waals surface area contributed by atoms with Gasteiger partial charge in [0.05, 0.1) is 22.7 Å². The number of piperazine rings is 2. The molecule has 0 aromatic heterocycles. The third kappa shape index (κ3) is 6.01. The minimum absolute atomic E-state index is 0.104. The van der Waals surface area contributed by atoms with Gasteiger partial charge in [-0.3, -0.25) is 9.69 Å². The van der Waals surface area contributed by atoms with Crippen LogP contribution in [0.1, 0.15) is 20.3 Å². The van der Waals surface area contributed by atoms with Gasteiger partial charge in [0, 0.05) is 64.7 Å². The van der Waals surface area contributed by atoms with Crippen LogP contribution in [0.5, 0.6) is 0 Å². The van der Waals surface area contributed by atoms with Gasteiger partial charge >= 0.3 is 0 Å². The van der Waals surface area contributed by atoms with Crippen molar-refractivity contribution in [3.05, 3.63) is 28.2 Å². The fourth-order valence-electron chi connectivity index (χ4n) is 4.32. The SMILES string of the molecule is CC.O=C([C@H]1CN(CC2CCOC2)CCN1)N1CCN(c2ccc(Cl)c(Cl)c2)CC1. The van der Waals surface area contributed by atoms with Crippen molar-refractivity contribution < 1.29 is 9.53 Å². The summed E-state index contributed by atoms with van der Waals surface area (Å²) in [5.74, 6) is 0.838. The monoisotopic (exact) mass is 456 g/mol. The third-order valence-electron chi connectivity index (χ3n) is 5.96. The van der Waals surface area contributed by atoms with Gasteiger partial charge in [-0.25, -0.2) is 0 Å². The molecular weight excluding hydrogens is 423 g/mol. The molecule has 168 valence electrons. The Kier molecular flexibility index (Phi) is 9.08. The topological polar surface area (TPSA) is 48.1 Å². The summed E-state index contributed by atoms with van der Waals surface area (Å²) in [6, 6.07) is 5.60. The molecule has 0 radical (unpaired) electrons. The van der Waals surface area contributed by atoms with Crippen LogP contribution in [0.25, 0.3) is 0 Å². The van der Waals surface area contributed by atoms with Gasteiger partial charge in [0.25, 0.3) is 0 Å². The molecule has 0 saturated carbocycles. The maximum atomic E-state index is 13.0. The number of ether oxygens (including phenoxy) is 1. The van der Waals surface area contributed by atoms with E-state index in [2.05, 4.69) is 15.1 Å². The van der Waals surface area contributed by atoms with E-state index in [1.54, 1.807) is 0 Å². The summed E-state index contributed by atoms with van der Waals surface area (Å²) in [5, 5.41) is 4.55. The largest absolute Gasteiger partial charge is 0.381 e. The molecule has 4 rings (SSSR count). The van der Waals surface area contributed by atoms with Gasteiger partial charge in [0.2, 0.25) is 5.91 Å². The van der Waals surface area contributed by atoms with Crippen LogP contribution < -0.4 is 10.2 Å². The Balaban J connectivity index is 0.00000124. The van der Waals surface area contributed by atoms with E-state index >= 15 is 0 Å². The molecule has 0 aliphatic carbocycles. The third-order valence-corrected chi connectivity index (χ3v) is 6.70. The Bertz CT molecular complexity index is 692. The molecule has 30 heavy (non-hydrogen) atoms. The van der Waals surface area contributed by atoms with Gasteiger partial charge in [-0.05, 0) is 30.5 Å². The quantitative estimate of drug-likeness (QED) is 0.754. The fourth-order valence-corrected chi connectivity index (χ4v) is 4.61. The molecule has 3 aliphatic heterocycles. The van der Waals surface area contributed by atoms with Crippen molar-refractivity contribution in [3.63, 3.8) is 0 Å². The van der Waals surface area contributed by atoms with E-state index in [0.29, 0.717) is 16.0 Å². The molecule has 3 fully saturated rings. The lowest BCUT2D eigenvalue weighted by Gasteiger charge is -2.40. The van der Waals surface area contributed by atoms with Crippen LogP contribution in [0.3, 0.4) is 0 Å². The second-order valence-corrected chi connectivity index (χ2v) is 8.72. The van der Waals surface area contributed by atoms with Gasteiger partial charge in [0.15, 0.2) is 0 Å².